The molecule has 0 saturated carbocycles. The quantitative estimate of drug-likeness (QED) is 0.581. The molecule has 3 aromatic rings. The molecule has 140 valence electrons. The number of furan rings is 1. The number of ketones is 1. The maximum atomic E-state index is 12.2. The molecule has 0 bridgehead atoms. The van der Waals surface area contributed by atoms with E-state index in [2.05, 4.69) is 10.6 Å². The van der Waals surface area contributed by atoms with E-state index in [9.17, 15) is 9.59 Å². The first-order valence-corrected chi connectivity index (χ1v) is 9.29. The van der Waals surface area contributed by atoms with Gasteiger partial charge in [-0.1, -0.05) is 12.1 Å². The van der Waals surface area contributed by atoms with E-state index in [1.54, 1.807) is 25.3 Å². The predicted octanol–water partition coefficient (Wildman–Crippen LogP) is 3.62. The molecule has 7 heteroatoms. The average molecular weight is 384 g/mol. The van der Waals surface area contributed by atoms with Crippen LogP contribution in [0.3, 0.4) is 0 Å². The molecule has 2 aromatic heterocycles. The SMILES string of the molecule is COc1ccc(CCNC(=O)NCc2ccc(C(=O)c3ccco3)s2)cc1. The monoisotopic (exact) mass is 384 g/mol. The molecule has 0 radical (unpaired) electrons. The molecule has 0 spiro atoms. The Morgan fingerprint density at radius 2 is 1.89 bits per heavy atom. The highest BCUT2D eigenvalue weighted by Gasteiger charge is 2.14. The van der Waals surface area contributed by atoms with Crippen LogP contribution in [0, 0.1) is 0 Å². The second kappa shape index (κ2) is 9.05. The number of rotatable bonds is 8. The number of methoxy groups -OCH3 is 1. The zero-order valence-electron chi connectivity index (χ0n) is 14.9. The fraction of sp³-hybridized carbons (Fsp3) is 0.200. The number of hydrogen-bond acceptors (Lipinski definition) is 5. The van der Waals surface area contributed by atoms with Gasteiger partial charge in [0, 0.05) is 11.4 Å². The molecule has 0 saturated heterocycles. The number of nitrogens with one attached hydrogen (secondary N) is 2. The van der Waals surface area contributed by atoms with Crippen molar-refractivity contribution in [1.29, 1.82) is 0 Å². The number of carbonyl (C=O) groups is 2. The highest BCUT2D eigenvalue weighted by Crippen LogP contribution is 2.20. The molecule has 3 rings (SSSR count). The fourth-order valence-electron chi connectivity index (χ4n) is 2.47. The molecule has 2 N–H and O–H groups in total. The van der Waals surface area contributed by atoms with Crippen molar-refractivity contribution in [2.45, 2.75) is 13.0 Å². The molecule has 1 aromatic carbocycles. The minimum atomic E-state index is -0.240. The summed E-state index contributed by atoms with van der Waals surface area (Å²) in [5.74, 6) is 0.970. The van der Waals surface area contributed by atoms with Crippen LogP contribution >= 0.6 is 11.3 Å². The fourth-order valence-corrected chi connectivity index (χ4v) is 3.36. The molecule has 2 heterocycles. The van der Waals surface area contributed by atoms with E-state index in [1.807, 2.05) is 30.3 Å². The van der Waals surface area contributed by atoms with E-state index in [0.29, 0.717) is 23.7 Å². The number of amides is 2. The van der Waals surface area contributed by atoms with Gasteiger partial charge in [-0.2, -0.15) is 0 Å². The van der Waals surface area contributed by atoms with E-state index >= 15 is 0 Å². The van der Waals surface area contributed by atoms with Crippen molar-refractivity contribution in [3.63, 3.8) is 0 Å². The van der Waals surface area contributed by atoms with E-state index in [-0.39, 0.29) is 11.8 Å². The third-order valence-corrected chi connectivity index (χ3v) is 5.00. The van der Waals surface area contributed by atoms with Gasteiger partial charge in [-0.3, -0.25) is 4.79 Å². The second-order valence-electron chi connectivity index (χ2n) is 5.78. The van der Waals surface area contributed by atoms with E-state index in [4.69, 9.17) is 9.15 Å². The molecule has 0 unspecified atom stereocenters. The Morgan fingerprint density at radius 3 is 2.59 bits per heavy atom. The summed E-state index contributed by atoms with van der Waals surface area (Å²) in [6.07, 6.45) is 2.21. The summed E-state index contributed by atoms with van der Waals surface area (Å²) in [4.78, 5) is 25.6. The van der Waals surface area contributed by atoms with Crippen LogP contribution in [0.1, 0.15) is 25.9 Å². The number of carbonyl (C=O) groups excluding carboxylic acids is 2. The van der Waals surface area contributed by atoms with Gasteiger partial charge in [-0.15, -0.1) is 11.3 Å². The zero-order chi connectivity index (χ0) is 19.1. The van der Waals surface area contributed by atoms with Gasteiger partial charge in [-0.05, 0) is 48.4 Å². The standard InChI is InChI=1S/C20H20N2O4S/c1-25-15-6-4-14(5-7-15)10-11-21-20(24)22-13-16-8-9-18(27-16)19(23)17-3-2-12-26-17/h2-9,12H,10-11,13H2,1H3,(H2,21,22,24). The lowest BCUT2D eigenvalue weighted by Crippen LogP contribution is -2.36. The lowest BCUT2D eigenvalue weighted by Gasteiger charge is -2.07. The Balaban J connectivity index is 1.40. The summed E-state index contributed by atoms with van der Waals surface area (Å²) in [7, 11) is 1.63. The van der Waals surface area contributed by atoms with Gasteiger partial charge in [0.1, 0.15) is 5.75 Å². The summed E-state index contributed by atoms with van der Waals surface area (Å²) in [6, 6.07) is 14.4. The van der Waals surface area contributed by atoms with Gasteiger partial charge in [0.25, 0.3) is 0 Å². The average Bonchev–Trinajstić information content (AvgIpc) is 3.38. The topological polar surface area (TPSA) is 80.6 Å². The largest absolute Gasteiger partial charge is 0.497 e. The Morgan fingerprint density at radius 1 is 1.07 bits per heavy atom. The maximum absolute atomic E-state index is 12.2. The summed E-state index contributed by atoms with van der Waals surface area (Å²) in [5, 5.41) is 5.62. The minimum Gasteiger partial charge on any atom is -0.497 e. The molecular weight excluding hydrogens is 364 g/mol. The van der Waals surface area contributed by atoms with Crippen molar-refractivity contribution in [2.75, 3.05) is 13.7 Å². The smallest absolute Gasteiger partial charge is 0.315 e. The Labute approximate surface area is 161 Å². The first-order chi connectivity index (χ1) is 13.2. The van der Waals surface area contributed by atoms with E-state index in [0.717, 1.165) is 22.6 Å². The third kappa shape index (κ3) is 5.21. The molecular formula is C20H20N2O4S. The number of thiophene rings is 1. The van der Waals surface area contributed by atoms with Crippen molar-refractivity contribution in [3.05, 3.63) is 75.9 Å². The van der Waals surface area contributed by atoms with E-state index in [1.165, 1.54) is 17.6 Å². The van der Waals surface area contributed by atoms with Gasteiger partial charge in [-0.25, -0.2) is 4.79 Å². The van der Waals surface area contributed by atoms with Crippen LogP contribution in [0.2, 0.25) is 0 Å². The van der Waals surface area contributed by atoms with E-state index < -0.39 is 0 Å². The highest BCUT2D eigenvalue weighted by atomic mass is 32.1. The molecule has 0 aliphatic heterocycles. The minimum absolute atomic E-state index is 0.153. The number of ether oxygens (including phenoxy) is 1. The number of benzene rings is 1. The van der Waals surface area contributed by atoms with Crippen LogP contribution in [0.5, 0.6) is 5.75 Å². The lowest BCUT2D eigenvalue weighted by molar-refractivity contribution is 0.101. The van der Waals surface area contributed by atoms with Crippen molar-refractivity contribution in [3.8, 4) is 5.75 Å². The van der Waals surface area contributed by atoms with Gasteiger partial charge in [0.05, 0.1) is 24.8 Å². The van der Waals surface area contributed by atoms with Gasteiger partial charge < -0.3 is 19.8 Å². The van der Waals surface area contributed by atoms with Crippen molar-refractivity contribution < 1.29 is 18.7 Å². The Hall–Kier alpha value is -3.06. The van der Waals surface area contributed by atoms with Crippen LogP contribution < -0.4 is 15.4 Å². The molecule has 0 aliphatic rings. The van der Waals surface area contributed by atoms with Crippen LogP contribution in [0.4, 0.5) is 4.79 Å². The molecule has 0 atom stereocenters. The second-order valence-corrected chi connectivity index (χ2v) is 6.95. The van der Waals surface area contributed by atoms with Crippen molar-refractivity contribution in [1.82, 2.24) is 10.6 Å². The number of urea groups is 1. The maximum Gasteiger partial charge on any atom is 0.315 e. The van der Waals surface area contributed by atoms with Gasteiger partial charge in [0.2, 0.25) is 5.78 Å². The summed E-state index contributed by atoms with van der Waals surface area (Å²) < 4.78 is 10.2. The molecule has 0 aliphatic carbocycles. The molecule has 2 amide bonds. The molecule has 6 nitrogen and oxygen atoms in total. The summed E-state index contributed by atoms with van der Waals surface area (Å²) in [6.45, 7) is 0.898. The molecule has 0 fully saturated rings. The Kier molecular flexibility index (Phi) is 6.27. The Bertz CT molecular complexity index is 885. The highest BCUT2D eigenvalue weighted by molar-refractivity contribution is 7.14. The first kappa shape index (κ1) is 18.7. The van der Waals surface area contributed by atoms with Crippen molar-refractivity contribution in [2.24, 2.45) is 0 Å². The first-order valence-electron chi connectivity index (χ1n) is 8.47. The normalized spacial score (nSPS) is 10.4. The van der Waals surface area contributed by atoms with Crippen molar-refractivity contribution >= 4 is 23.2 Å². The summed E-state index contributed by atoms with van der Waals surface area (Å²) in [5.41, 5.74) is 1.12. The van der Waals surface area contributed by atoms with Crippen LogP contribution in [-0.2, 0) is 13.0 Å². The van der Waals surface area contributed by atoms with Crippen LogP contribution in [0.15, 0.2) is 59.2 Å². The lowest BCUT2D eigenvalue weighted by atomic mass is 10.1. The predicted molar refractivity (Wildman–Crippen MR) is 103 cm³/mol. The van der Waals surface area contributed by atoms with Crippen LogP contribution in [0.25, 0.3) is 0 Å². The third-order valence-electron chi connectivity index (χ3n) is 3.91. The zero-order valence-corrected chi connectivity index (χ0v) is 15.7. The number of hydrogen-bond donors (Lipinski definition) is 2. The summed E-state index contributed by atoms with van der Waals surface area (Å²) >= 11 is 1.34. The van der Waals surface area contributed by atoms with Crippen LogP contribution in [-0.4, -0.2) is 25.5 Å². The van der Waals surface area contributed by atoms with Gasteiger partial charge >= 0.3 is 6.03 Å². The van der Waals surface area contributed by atoms with Gasteiger partial charge in [0.15, 0.2) is 5.76 Å². The molecule has 27 heavy (non-hydrogen) atoms.